The molecule has 2 aromatic heterocycles. The largest absolute Gasteiger partial charge is 0.416 e. The predicted octanol–water partition coefficient (Wildman–Crippen LogP) is 1.68. The lowest BCUT2D eigenvalue weighted by Crippen LogP contribution is -2.40. The zero-order valence-electron chi connectivity index (χ0n) is 17.0. The van der Waals surface area contributed by atoms with E-state index in [1.165, 1.54) is 23.9 Å². The molecule has 31 heavy (non-hydrogen) atoms. The van der Waals surface area contributed by atoms with E-state index in [0.29, 0.717) is 11.4 Å². The number of aryl methyl sites for hydroxylation is 2. The fourth-order valence-electron chi connectivity index (χ4n) is 3.15. The summed E-state index contributed by atoms with van der Waals surface area (Å²) in [7, 11) is 1.26. The topological polar surface area (TPSA) is 90.9 Å². The number of alkyl halides is 3. The Bertz CT molecular complexity index is 1250. The first-order chi connectivity index (χ1) is 14.5. The molecular weight excluding hydrogens is 415 g/mol. The monoisotopic (exact) mass is 435 g/mol. The quantitative estimate of drug-likeness (QED) is 0.660. The number of hydrogen-bond donors (Lipinski definition) is 1. The summed E-state index contributed by atoms with van der Waals surface area (Å²) in [5.41, 5.74) is -0.627. The maximum atomic E-state index is 13.6. The molecule has 1 N–H and O–H groups in total. The lowest BCUT2D eigenvalue weighted by Gasteiger charge is -2.16. The summed E-state index contributed by atoms with van der Waals surface area (Å²) in [6.45, 7) is 2.67. The number of rotatable bonds is 5. The number of carbonyl (C=O) groups excluding carboxylic acids is 1. The van der Waals surface area contributed by atoms with E-state index in [2.05, 4.69) is 10.4 Å². The van der Waals surface area contributed by atoms with Crippen molar-refractivity contribution in [3.63, 3.8) is 0 Å². The molecule has 0 aliphatic heterocycles. The number of halogens is 3. The van der Waals surface area contributed by atoms with Crippen LogP contribution in [-0.2, 0) is 31.1 Å². The highest BCUT2D eigenvalue weighted by Gasteiger charge is 2.34. The van der Waals surface area contributed by atoms with Crippen molar-refractivity contribution in [2.45, 2.75) is 33.1 Å². The normalized spacial score (nSPS) is 11.5. The Kier molecular flexibility index (Phi) is 5.87. The fourth-order valence-corrected chi connectivity index (χ4v) is 3.15. The smallest absolute Gasteiger partial charge is 0.350 e. The summed E-state index contributed by atoms with van der Waals surface area (Å²) in [5.74, 6) is -0.670. The van der Waals surface area contributed by atoms with Crippen molar-refractivity contribution >= 4 is 5.91 Å². The van der Waals surface area contributed by atoms with E-state index in [9.17, 15) is 27.6 Å². The van der Waals surface area contributed by atoms with E-state index < -0.39 is 35.4 Å². The van der Waals surface area contributed by atoms with E-state index in [1.807, 2.05) is 0 Å². The summed E-state index contributed by atoms with van der Waals surface area (Å²) >= 11 is 0. The maximum Gasteiger partial charge on any atom is 0.416 e. The summed E-state index contributed by atoms with van der Waals surface area (Å²) in [5, 5.41) is 6.59. The number of nitrogens with zero attached hydrogens (tertiary/aromatic N) is 4. The summed E-state index contributed by atoms with van der Waals surface area (Å²) in [6.07, 6.45) is -3.48. The van der Waals surface area contributed by atoms with Gasteiger partial charge in [-0.15, -0.1) is 0 Å². The van der Waals surface area contributed by atoms with Gasteiger partial charge in [-0.3, -0.25) is 18.7 Å². The van der Waals surface area contributed by atoms with Gasteiger partial charge in [-0.2, -0.15) is 18.3 Å². The van der Waals surface area contributed by atoms with Crippen LogP contribution in [0.5, 0.6) is 0 Å². The van der Waals surface area contributed by atoms with E-state index in [1.54, 1.807) is 19.9 Å². The Morgan fingerprint density at radius 3 is 2.45 bits per heavy atom. The maximum absolute atomic E-state index is 13.6. The van der Waals surface area contributed by atoms with Crippen molar-refractivity contribution in [3.8, 4) is 5.69 Å². The molecule has 0 radical (unpaired) electrons. The molecular formula is C20H20F3N5O3. The van der Waals surface area contributed by atoms with Crippen LogP contribution < -0.4 is 16.6 Å². The Balaban J connectivity index is 1.82. The van der Waals surface area contributed by atoms with Crippen molar-refractivity contribution in [3.05, 3.63) is 79.9 Å². The van der Waals surface area contributed by atoms with E-state index in [4.69, 9.17) is 0 Å². The number of carbonyl (C=O) groups is 1. The van der Waals surface area contributed by atoms with Crippen molar-refractivity contribution in [1.82, 2.24) is 24.2 Å². The molecule has 1 aromatic carbocycles. The van der Waals surface area contributed by atoms with Gasteiger partial charge in [-0.25, -0.2) is 9.48 Å². The van der Waals surface area contributed by atoms with Crippen LogP contribution in [0.25, 0.3) is 5.69 Å². The SMILES string of the molecule is Cc1cc(C)n(-c2ccc(CNC(=O)Cn3ccc(=O)n(C)c3=O)c(C(F)(F)F)c2)n1. The molecule has 0 aliphatic carbocycles. The van der Waals surface area contributed by atoms with Crippen LogP contribution >= 0.6 is 0 Å². The molecule has 8 nitrogen and oxygen atoms in total. The minimum absolute atomic E-state index is 0.126. The minimum atomic E-state index is -4.64. The van der Waals surface area contributed by atoms with Crippen molar-refractivity contribution in [2.75, 3.05) is 0 Å². The van der Waals surface area contributed by atoms with Gasteiger partial charge < -0.3 is 5.32 Å². The molecule has 0 spiro atoms. The Labute approximate surface area is 174 Å². The van der Waals surface area contributed by atoms with Crippen LogP contribution in [0.2, 0.25) is 0 Å². The van der Waals surface area contributed by atoms with Gasteiger partial charge in [0.25, 0.3) is 5.56 Å². The Morgan fingerprint density at radius 1 is 1.13 bits per heavy atom. The van der Waals surface area contributed by atoms with Gasteiger partial charge in [-0.05, 0) is 37.6 Å². The molecule has 11 heteroatoms. The highest BCUT2D eigenvalue weighted by Crippen LogP contribution is 2.33. The van der Waals surface area contributed by atoms with Gasteiger partial charge in [0.15, 0.2) is 0 Å². The second kappa shape index (κ2) is 8.25. The highest BCUT2D eigenvalue weighted by molar-refractivity contribution is 5.75. The van der Waals surface area contributed by atoms with Crippen LogP contribution in [0.3, 0.4) is 0 Å². The highest BCUT2D eigenvalue weighted by atomic mass is 19.4. The molecule has 0 aliphatic rings. The Hall–Kier alpha value is -3.63. The van der Waals surface area contributed by atoms with Gasteiger partial charge in [0.05, 0.1) is 16.9 Å². The van der Waals surface area contributed by atoms with Gasteiger partial charge in [0.2, 0.25) is 5.91 Å². The standard InChI is InChI=1S/C20H20F3N5O3/c1-12-8-13(2)28(25-12)15-5-4-14(16(9-15)20(21,22)23)10-24-17(29)11-27-7-6-18(30)26(3)19(27)31/h4-9H,10-11H2,1-3H3,(H,24,29). The lowest BCUT2D eigenvalue weighted by atomic mass is 10.1. The predicted molar refractivity (Wildman–Crippen MR) is 106 cm³/mol. The third-order valence-corrected chi connectivity index (χ3v) is 4.70. The number of aromatic nitrogens is 4. The summed E-state index contributed by atoms with van der Waals surface area (Å²) in [4.78, 5) is 35.6. The summed E-state index contributed by atoms with van der Waals surface area (Å²) in [6, 6.07) is 6.64. The van der Waals surface area contributed by atoms with Gasteiger partial charge in [0, 0.05) is 31.5 Å². The zero-order valence-corrected chi connectivity index (χ0v) is 17.0. The number of nitrogens with one attached hydrogen (secondary N) is 1. The number of benzene rings is 1. The first kappa shape index (κ1) is 22.1. The average molecular weight is 435 g/mol. The molecule has 3 aromatic rings. The van der Waals surface area contributed by atoms with Crippen LogP contribution in [-0.4, -0.2) is 24.8 Å². The second-order valence-electron chi connectivity index (χ2n) is 7.08. The molecule has 2 heterocycles. The Morgan fingerprint density at radius 2 is 1.84 bits per heavy atom. The van der Waals surface area contributed by atoms with Gasteiger partial charge in [-0.1, -0.05) is 6.07 Å². The second-order valence-corrected chi connectivity index (χ2v) is 7.08. The molecule has 3 rings (SSSR count). The van der Waals surface area contributed by atoms with Crippen molar-refractivity contribution in [1.29, 1.82) is 0 Å². The number of hydrogen-bond acceptors (Lipinski definition) is 4. The molecule has 0 unspecified atom stereocenters. The first-order valence-corrected chi connectivity index (χ1v) is 9.24. The summed E-state index contributed by atoms with van der Waals surface area (Å²) < 4.78 is 44.1. The van der Waals surface area contributed by atoms with E-state index in [0.717, 1.165) is 27.5 Å². The third-order valence-electron chi connectivity index (χ3n) is 4.70. The number of amides is 1. The minimum Gasteiger partial charge on any atom is -0.350 e. The van der Waals surface area contributed by atoms with Gasteiger partial charge in [0.1, 0.15) is 6.54 Å². The van der Waals surface area contributed by atoms with Crippen LogP contribution in [0.15, 0.2) is 46.1 Å². The first-order valence-electron chi connectivity index (χ1n) is 9.24. The van der Waals surface area contributed by atoms with Crippen LogP contribution in [0.1, 0.15) is 22.5 Å². The van der Waals surface area contributed by atoms with Gasteiger partial charge >= 0.3 is 11.9 Å². The molecule has 0 atom stereocenters. The lowest BCUT2D eigenvalue weighted by molar-refractivity contribution is -0.138. The molecule has 0 fully saturated rings. The van der Waals surface area contributed by atoms with Crippen LogP contribution in [0, 0.1) is 13.8 Å². The zero-order chi connectivity index (χ0) is 22.9. The molecule has 0 saturated carbocycles. The average Bonchev–Trinajstić information content (AvgIpc) is 3.04. The molecule has 1 amide bonds. The van der Waals surface area contributed by atoms with Crippen molar-refractivity contribution < 1.29 is 18.0 Å². The molecule has 164 valence electrons. The molecule has 0 saturated heterocycles. The van der Waals surface area contributed by atoms with E-state index >= 15 is 0 Å². The van der Waals surface area contributed by atoms with Crippen LogP contribution in [0.4, 0.5) is 13.2 Å². The van der Waals surface area contributed by atoms with E-state index in [-0.39, 0.29) is 17.8 Å². The molecule has 0 bridgehead atoms. The van der Waals surface area contributed by atoms with Crippen molar-refractivity contribution in [2.24, 2.45) is 7.05 Å². The fraction of sp³-hybridized carbons (Fsp3) is 0.300. The third kappa shape index (κ3) is 4.76.